The third-order valence-electron chi connectivity index (χ3n) is 5.32. The number of methoxy groups -OCH3 is 1. The number of likely N-dealkylation sites (tertiary alicyclic amines) is 1. The van der Waals surface area contributed by atoms with Gasteiger partial charge in [-0.05, 0) is 31.8 Å². The minimum absolute atomic E-state index is 0.163. The lowest BCUT2D eigenvalue weighted by Crippen LogP contribution is -2.50. The van der Waals surface area contributed by atoms with Crippen molar-refractivity contribution in [3.05, 3.63) is 0 Å². The summed E-state index contributed by atoms with van der Waals surface area (Å²) in [5.74, 6) is 1.39. The molecule has 2 saturated heterocycles. The van der Waals surface area contributed by atoms with Gasteiger partial charge in [-0.25, -0.2) is 0 Å². The second-order valence-electron chi connectivity index (χ2n) is 7.48. The van der Waals surface area contributed by atoms with Crippen LogP contribution in [0.2, 0.25) is 0 Å². The summed E-state index contributed by atoms with van der Waals surface area (Å²) in [5.41, 5.74) is 0. The van der Waals surface area contributed by atoms with Crippen molar-refractivity contribution in [3.8, 4) is 0 Å². The molecule has 0 aromatic carbocycles. The Kier molecular flexibility index (Phi) is 7.96. The Morgan fingerprint density at radius 3 is 2.17 bits per heavy atom. The lowest BCUT2D eigenvalue weighted by Gasteiger charge is -2.38. The Morgan fingerprint density at radius 2 is 1.61 bits per heavy atom. The number of carbonyl (C=O) groups excluding carboxylic acids is 1. The highest BCUT2D eigenvalue weighted by Gasteiger charge is 2.24. The van der Waals surface area contributed by atoms with E-state index in [1.807, 2.05) is 13.8 Å². The molecule has 0 aromatic rings. The summed E-state index contributed by atoms with van der Waals surface area (Å²) in [7, 11) is 1.78. The summed E-state index contributed by atoms with van der Waals surface area (Å²) in [5, 5.41) is 0. The van der Waals surface area contributed by atoms with E-state index in [0.29, 0.717) is 12.3 Å². The highest BCUT2D eigenvalue weighted by molar-refractivity contribution is 5.82. The smallest absolute Gasteiger partial charge is 0.149 e. The highest BCUT2D eigenvalue weighted by atomic mass is 16.5. The van der Waals surface area contributed by atoms with E-state index in [4.69, 9.17) is 4.74 Å². The first-order chi connectivity index (χ1) is 11.1. The van der Waals surface area contributed by atoms with Crippen LogP contribution in [0.25, 0.3) is 0 Å². The van der Waals surface area contributed by atoms with Gasteiger partial charge in [-0.2, -0.15) is 0 Å². The highest BCUT2D eigenvalue weighted by Crippen LogP contribution is 2.19. The van der Waals surface area contributed by atoms with Crippen molar-refractivity contribution >= 4 is 5.78 Å². The van der Waals surface area contributed by atoms with E-state index in [-0.39, 0.29) is 5.92 Å². The summed E-state index contributed by atoms with van der Waals surface area (Å²) < 4.78 is 5.17. The molecular formula is C18H35N3O2. The fourth-order valence-corrected chi connectivity index (χ4v) is 3.51. The average Bonchev–Trinajstić information content (AvgIpc) is 2.56. The molecule has 23 heavy (non-hydrogen) atoms. The van der Waals surface area contributed by atoms with Crippen LogP contribution in [0.1, 0.15) is 26.7 Å². The lowest BCUT2D eigenvalue weighted by molar-refractivity contribution is -0.123. The van der Waals surface area contributed by atoms with Gasteiger partial charge in [0.2, 0.25) is 0 Å². The van der Waals surface area contributed by atoms with Gasteiger partial charge in [-0.15, -0.1) is 0 Å². The predicted molar refractivity (Wildman–Crippen MR) is 93.8 cm³/mol. The minimum Gasteiger partial charge on any atom is -0.383 e. The van der Waals surface area contributed by atoms with E-state index in [0.717, 1.165) is 45.2 Å². The van der Waals surface area contributed by atoms with Gasteiger partial charge in [0.15, 0.2) is 0 Å². The van der Waals surface area contributed by atoms with E-state index in [1.54, 1.807) is 7.11 Å². The molecular weight excluding hydrogens is 290 g/mol. The van der Waals surface area contributed by atoms with Crippen molar-refractivity contribution in [1.29, 1.82) is 0 Å². The molecule has 2 aliphatic heterocycles. The Bertz CT molecular complexity index is 346. The molecule has 0 radical (unpaired) electrons. The third kappa shape index (κ3) is 6.49. The molecule has 134 valence electrons. The zero-order valence-corrected chi connectivity index (χ0v) is 15.3. The second kappa shape index (κ2) is 9.72. The number of hydrogen-bond acceptors (Lipinski definition) is 5. The van der Waals surface area contributed by atoms with Crippen molar-refractivity contribution < 1.29 is 9.53 Å². The van der Waals surface area contributed by atoms with Gasteiger partial charge in [0.05, 0.1) is 13.2 Å². The molecule has 0 amide bonds. The van der Waals surface area contributed by atoms with Crippen LogP contribution in [-0.4, -0.2) is 93.1 Å². The van der Waals surface area contributed by atoms with Crippen molar-refractivity contribution in [2.45, 2.75) is 26.7 Å². The first-order valence-corrected chi connectivity index (χ1v) is 9.27. The number of rotatable bonds is 8. The summed E-state index contributed by atoms with van der Waals surface area (Å²) in [6, 6.07) is 0. The van der Waals surface area contributed by atoms with Crippen LogP contribution in [0, 0.1) is 11.8 Å². The number of hydrogen-bond donors (Lipinski definition) is 0. The van der Waals surface area contributed by atoms with Crippen LogP contribution in [0.15, 0.2) is 0 Å². The molecule has 2 fully saturated rings. The number of ether oxygens (including phenoxy) is 1. The quantitative estimate of drug-likeness (QED) is 0.670. The topological polar surface area (TPSA) is 36.0 Å². The first kappa shape index (κ1) is 18.8. The fraction of sp³-hybridized carbons (Fsp3) is 0.944. The Balaban J connectivity index is 1.61. The van der Waals surface area contributed by atoms with Crippen LogP contribution in [0.4, 0.5) is 0 Å². The molecule has 0 bridgehead atoms. The van der Waals surface area contributed by atoms with Gasteiger partial charge in [-0.3, -0.25) is 9.69 Å². The van der Waals surface area contributed by atoms with Crippen LogP contribution in [-0.2, 0) is 9.53 Å². The normalized spacial score (nSPS) is 22.8. The molecule has 2 aliphatic rings. The standard InChI is InChI=1S/C18H35N3O2/c1-16(2)18(22)15-21-10-8-20(9-11-21)14-17-4-6-19(7-5-17)12-13-23-3/h16-17H,4-15H2,1-3H3. The number of ketones is 1. The molecule has 0 aromatic heterocycles. The fourth-order valence-electron chi connectivity index (χ4n) is 3.51. The Morgan fingerprint density at radius 1 is 1.00 bits per heavy atom. The van der Waals surface area contributed by atoms with Crippen molar-refractivity contribution in [2.24, 2.45) is 11.8 Å². The zero-order chi connectivity index (χ0) is 16.7. The average molecular weight is 325 g/mol. The number of piperazine rings is 1. The van der Waals surface area contributed by atoms with E-state index in [9.17, 15) is 4.79 Å². The predicted octanol–water partition coefficient (Wildman–Crippen LogP) is 1.19. The molecule has 0 saturated carbocycles. The number of carbonyl (C=O) groups is 1. The molecule has 0 aliphatic carbocycles. The molecule has 5 heteroatoms. The first-order valence-electron chi connectivity index (χ1n) is 9.27. The van der Waals surface area contributed by atoms with Crippen molar-refractivity contribution in [2.75, 3.05) is 72.6 Å². The summed E-state index contributed by atoms with van der Waals surface area (Å²) in [6.45, 7) is 14.6. The van der Waals surface area contributed by atoms with E-state index in [1.165, 1.54) is 32.5 Å². The molecule has 0 atom stereocenters. The molecule has 5 nitrogen and oxygen atoms in total. The maximum absolute atomic E-state index is 11.8. The SMILES string of the molecule is COCCN1CCC(CN2CCN(CC(=O)C(C)C)CC2)CC1. The van der Waals surface area contributed by atoms with Gasteiger partial charge < -0.3 is 14.5 Å². The number of piperidine rings is 1. The molecule has 2 rings (SSSR count). The molecule has 0 spiro atoms. The summed E-state index contributed by atoms with van der Waals surface area (Å²) in [6.07, 6.45) is 2.63. The Labute approximate surface area is 141 Å². The van der Waals surface area contributed by atoms with Crippen LogP contribution < -0.4 is 0 Å². The van der Waals surface area contributed by atoms with E-state index in [2.05, 4.69) is 14.7 Å². The number of nitrogens with zero attached hydrogens (tertiary/aromatic N) is 3. The van der Waals surface area contributed by atoms with Gasteiger partial charge >= 0.3 is 0 Å². The maximum Gasteiger partial charge on any atom is 0.149 e. The van der Waals surface area contributed by atoms with Gasteiger partial charge in [0, 0.05) is 52.3 Å². The monoisotopic (exact) mass is 325 g/mol. The number of Topliss-reactive ketones (excluding diaryl/α,β-unsaturated/α-hetero) is 1. The van der Waals surface area contributed by atoms with Gasteiger partial charge in [-0.1, -0.05) is 13.8 Å². The van der Waals surface area contributed by atoms with Gasteiger partial charge in [0.25, 0.3) is 0 Å². The zero-order valence-electron chi connectivity index (χ0n) is 15.3. The molecule has 0 unspecified atom stereocenters. The maximum atomic E-state index is 11.8. The summed E-state index contributed by atoms with van der Waals surface area (Å²) in [4.78, 5) is 19.3. The van der Waals surface area contributed by atoms with Gasteiger partial charge in [0.1, 0.15) is 5.78 Å². The Hall–Kier alpha value is -0.490. The van der Waals surface area contributed by atoms with Crippen LogP contribution >= 0.6 is 0 Å². The van der Waals surface area contributed by atoms with Crippen molar-refractivity contribution in [3.63, 3.8) is 0 Å². The van der Waals surface area contributed by atoms with Crippen molar-refractivity contribution in [1.82, 2.24) is 14.7 Å². The molecule has 2 heterocycles. The van der Waals surface area contributed by atoms with E-state index < -0.39 is 0 Å². The largest absolute Gasteiger partial charge is 0.383 e. The van der Waals surface area contributed by atoms with Crippen LogP contribution in [0.5, 0.6) is 0 Å². The van der Waals surface area contributed by atoms with E-state index >= 15 is 0 Å². The van der Waals surface area contributed by atoms with Crippen LogP contribution in [0.3, 0.4) is 0 Å². The minimum atomic E-state index is 0.163. The molecule has 0 N–H and O–H groups in total. The summed E-state index contributed by atoms with van der Waals surface area (Å²) >= 11 is 0. The second-order valence-corrected chi connectivity index (χ2v) is 7.48. The lowest BCUT2D eigenvalue weighted by atomic mass is 9.96. The third-order valence-corrected chi connectivity index (χ3v) is 5.32.